The molecule has 0 aliphatic carbocycles. The summed E-state index contributed by atoms with van der Waals surface area (Å²) in [4.78, 5) is 50.9. The van der Waals surface area contributed by atoms with Gasteiger partial charge in [0.25, 0.3) is 11.8 Å². The van der Waals surface area contributed by atoms with E-state index >= 15 is 4.39 Å². The zero-order valence-corrected chi connectivity index (χ0v) is 19.2. The first-order chi connectivity index (χ1) is 17.2. The minimum Gasteiger partial charge on any atom is -0.494 e. The molecule has 186 valence electrons. The molecule has 36 heavy (non-hydrogen) atoms. The van der Waals surface area contributed by atoms with Crippen molar-refractivity contribution in [3.63, 3.8) is 0 Å². The predicted octanol–water partition coefficient (Wildman–Crippen LogP) is 2.46. The molecule has 0 saturated heterocycles. The van der Waals surface area contributed by atoms with Crippen LogP contribution in [-0.2, 0) is 17.9 Å². The molecule has 5 amide bonds. The van der Waals surface area contributed by atoms with E-state index in [9.17, 15) is 23.6 Å². The fourth-order valence-electron chi connectivity index (χ4n) is 4.65. The van der Waals surface area contributed by atoms with Crippen LogP contribution >= 0.6 is 0 Å². The zero-order chi connectivity index (χ0) is 25.7. The number of urea groups is 1. The lowest BCUT2D eigenvalue weighted by Gasteiger charge is -2.23. The highest BCUT2D eigenvalue weighted by Crippen LogP contribution is 2.36. The first kappa shape index (κ1) is 23.3. The fourth-order valence-corrected chi connectivity index (χ4v) is 4.65. The first-order valence-corrected chi connectivity index (χ1v) is 10.9. The second-order valence-corrected chi connectivity index (χ2v) is 8.54. The number of rotatable bonds is 6. The molecule has 12 heteroatoms. The second kappa shape index (κ2) is 8.63. The van der Waals surface area contributed by atoms with Gasteiger partial charge in [0.2, 0.25) is 6.41 Å². The summed E-state index contributed by atoms with van der Waals surface area (Å²) in [6.45, 7) is 0.108. The maximum atomic E-state index is 15.2. The Balaban J connectivity index is 1.50. The maximum absolute atomic E-state index is 15.2. The number of nitrogens with one attached hydrogen (secondary N) is 2. The number of methoxy groups -OCH3 is 1. The number of carbonyl (C=O) groups excluding carboxylic acids is 4. The van der Waals surface area contributed by atoms with Gasteiger partial charge in [0.1, 0.15) is 11.8 Å². The van der Waals surface area contributed by atoms with Gasteiger partial charge in [-0.1, -0.05) is 6.07 Å². The van der Waals surface area contributed by atoms with Gasteiger partial charge in [0, 0.05) is 32.1 Å². The number of imide groups is 1. The van der Waals surface area contributed by atoms with Crippen LogP contribution in [0.25, 0.3) is 11.0 Å². The average molecular weight is 498 g/mol. The van der Waals surface area contributed by atoms with Crippen molar-refractivity contribution in [3.8, 4) is 5.75 Å². The maximum Gasteiger partial charge on any atom is 0.321 e. The lowest BCUT2D eigenvalue weighted by atomic mass is 10.1. The molecule has 5 rings (SSSR count). The fraction of sp³-hybridized carbons (Fsp3) is 0.250. The Hall–Kier alpha value is -4.48. The van der Waals surface area contributed by atoms with Gasteiger partial charge >= 0.3 is 6.03 Å². The van der Waals surface area contributed by atoms with Crippen LogP contribution in [0.5, 0.6) is 5.75 Å². The number of ether oxygens (including phenoxy) is 1. The Morgan fingerprint density at radius 2 is 1.89 bits per heavy atom. The number of carbonyl (C=O) groups is 4. The highest BCUT2D eigenvalue weighted by molar-refractivity contribution is 6.02. The molecule has 1 aromatic heterocycles. The average Bonchev–Trinajstić information content (AvgIpc) is 3.49. The van der Waals surface area contributed by atoms with Crippen molar-refractivity contribution in [2.24, 2.45) is 0 Å². The summed E-state index contributed by atoms with van der Waals surface area (Å²) < 4.78 is 40.6. The molecule has 0 fully saturated rings. The molecule has 0 bridgehead atoms. The highest BCUT2D eigenvalue weighted by Gasteiger charge is 2.36. The SMILES string of the molecule is COc1ccc2c(c1F)C(=O)N(C[C@H](NC(=O)NC=O)c1cc3cc4c(c(F)c3o1)C(=O)N(C)C4)C2. The molecular weight excluding hydrogens is 478 g/mol. The van der Waals surface area contributed by atoms with Crippen molar-refractivity contribution < 1.29 is 37.1 Å². The number of benzene rings is 2. The molecule has 2 N–H and O–H groups in total. The molecule has 2 aliphatic heterocycles. The summed E-state index contributed by atoms with van der Waals surface area (Å²) in [6, 6.07) is 4.19. The number of hydrogen-bond acceptors (Lipinski definition) is 6. The van der Waals surface area contributed by atoms with Gasteiger partial charge in [-0.2, -0.15) is 0 Å². The smallest absolute Gasteiger partial charge is 0.321 e. The Kier molecular flexibility index (Phi) is 5.58. The topological polar surface area (TPSA) is 121 Å². The minimum atomic E-state index is -1.03. The van der Waals surface area contributed by atoms with Crippen molar-refractivity contribution in [2.45, 2.75) is 19.1 Å². The van der Waals surface area contributed by atoms with Gasteiger partial charge < -0.3 is 24.3 Å². The molecule has 0 spiro atoms. The molecule has 0 unspecified atom stereocenters. The summed E-state index contributed by atoms with van der Waals surface area (Å²) >= 11 is 0. The number of amides is 5. The molecule has 0 saturated carbocycles. The van der Waals surface area contributed by atoms with E-state index in [0.29, 0.717) is 16.5 Å². The third-order valence-electron chi connectivity index (χ3n) is 6.33. The monoisotopic (exact) mass is 498 g/mol. The molecule has 10 nitrogen and oxygen atoms in total. The Labute approximate surface area is 202 Å². The van der Waals surface area contributed by atoms with Crippen LogP contribution in [-0.4, -0.2) is 54.8 Å². The molecule has 2 aromatic carbocycles. The molecule has 3 heterocycles. The number of halogens is 2. The van der Waals surface area contributed by atoms with Crippen LogP contribution in [0, 0.1) is 11.6 Å². The van der Waals surface area contributed by atoms with Crippen LogP contribution in [0.2, 0.25) is 0 Å². The van der Waals surface area contributed by atoms with E-state index in [1.807, 2.05) is 5.32 Å². The third-order valence-corrected chi connectivity index (χ3v) is 6.33. The second-order valence-electron chi connectivity index (χ2n) is 8.54. The highest BCUT2D eigenvalue weighted by atomic mass is 19.1. The first-order valence-electron chi connectivity index (χ1n) is 10.9. The van der Waals surface area contributed by atoms with Crippen molar-refractivity contribution in [2.75, 3.05) is 20.7 Å². The van der Waals surface area contributed by atoms with Crippen LogP contribution < -0.4 is 15.4 Å². The van der Waals surface area contributed by atoms with E-state index in [4.69, 9.17) is 9.15 Å². The van der Waals surface area contributed by atoms with Gasteiger partial charge in [-0.05, 0) is 29.3 Å². The molecular formula is C24H20F2N4O6. The van der Waals surface area contributed by atoms with Gasteiger partial charge in [0.05, 0.1) is 18.2 Å². The van der Waals surface area contributed by atoms with E-state index < -0.39 is 35.5 Å². The Morgan fingerprint density at radius 1 is 1.14 bits per heavy atom. The predicted molar refractivity (Wildman–Crippen MR) is 120 cm³/mol. The Bertz CT molecular complexity index is 1450. The molecule has 2 aliphatic rings. The van der Waals surface area contributed by atoms with E-state index in [1.165, 1.54) is 29.0 Å². The summed E-state index contributed by atoms with van der Waals surface area (Å²) in [5, 5.41) is 4.81. The minimum absolute atomic E-state index is 0.0479. The van der Waals surface area contributed by atoms with Crippen LogP contribution in [0.1, 0.15) is 43.6 Å². The summed E-state index contributed by atoms with van der Waals surface area (Å²) in [5.41, 5.74) is 0.535. The summed E-state index contributed by atoms with van der Waals surface area (Å²) in [5.74, 6) is -2.71. The standard InChI is InChI=1S/C24H20F2N4O6/c1-29-7-13-5-12-6-16(36-21(12)20(26)18(13)22(29)32)14(28-24(34)27-10-31)9-30-8-11-3-4-15(35-2)19(25)17(11)23(30)33/h3-6,10,14H,7-9H2,1-2H3,(H2,27,28,31,34)/t14-/m0/s1. The van der Waals surface area contributed by atoms with Crippen molar-refractivity contribution >= 4 is 35.2 Å². The Morgan fingerprint density at radius 3 is 2.61 bits per heavy atom. The number of nitrogens with zero attached hydrogens (tertiary/aromatic N) is 2. The quantitative estimate of drug-likeness (QED) is 0.504. The lowest BCUT2D eigenvalue weighted by Crippen LogP contribution is -2.42. The van der Waals surface area contributed by atoms with Gasteiger partial charge in [-0.15, -0.1) is 0 Å². The van der Waals surface area contributed by atoms with Crippen molar-refractivity contribution in [3.05, 3.63) is 63.9 Å². The largest absolute Gasteiger partial charge is 0.494 e. The van der Waals surface area contributed by atoms with Crippen molar-refractivity contribution in [1.29, 1.82) is 0 Å². The molecule has 0 radical (unpaired) electrons. The van der Waals surface area contributed by atoms with Crippen molar-refractivity contribution in [1.82, 2.24) is 20.4 Å². The summed E-state index contributed by atoms with van der Waals surface area (Å²) in [6.07, 6.45) is 0.176. The van der Waals surface area contributed by atoms with E-state index in [2.05, 4.69) is 5.32 Å². The number of furan rings is 1. The third kappa shape index (κ3) is 3.61. The molecule has 1 atom stereocenters. The van der Waals surface area contributed by atoms with E-state index in [-0.39, 0.29) is 54.3 Å². The lowest BCUT2D eigenvalue weighted by molar-refractivity contribution is -0.108. The van der Waals surface area contributed by atoms with E-state index in [0.717, 1.165) is 0 Å². The van der Waals surface area contributed by atoms with Gasteiger partial charge in [0.15, 0.2) is 23.0 Å². The van der Waals surface area contributed by atoms with E-state index in [1.54, 1.807) is 19.2 Å². The number of hydrogen-bond donors (Lipinski definition) is 2. The molecule has 3 aromatic rings. The van der Waals surface area contributed by atoms with Gasteiger partial charge in [-0.25, -0.2) is 13.6 Å². The van der Waals surface area contributed by atoms with Gasteiger partial charge in [-0.3, -0.25) is 19.7 Å². The van der Waals surface area contributed by atoms with Crippen LogP contribution in [0.3, 0.4) is 0 Å². The van der Waals surface area contributed by atoms with Crippen LogP contribution in [0.4, 0.5) is 13.6 Å². The normalized spacial score (nSPS) is 15.2. The number of fused-ring (bicyclic) bond motifs is 3. The summed E-state index contributed by atoms with van der Waals surface area (Å²) in [7, 11) is 2.85. The van der Waals surface area contributed by atoms with Crippen LogP contribution in [0.15, 0.2) is 28.7 Å². The zero-order valence-electron chi connectivity index (χ0n) is 19.2.